The lowest BCUT2D eigenvalue weighted by Crippen LogP contribution is -2.55. The van der Waals surface area contributed by atoms with Crippen LogP contribution < -0.4 is 0 Å². The molecule has 0 bridgehead atoms. The highest BCUT2D eigenvalue weighted by molar-refractivity contribution is 6.45. The van der Waals surface area contributed by atoms with Crippen molar-refractivity contribution in [1.29, 1.82) is 0 Å². The second kappa shape index (κ2) is 6.32. The summed E-state index contributed by atoms with van der Waals surface area (Å²) >= 11 is 12.0. The normalized spacial score (nSPS) is 27.0. The lowest BCUT2D eigenvalue weighted by molar-refractivity contribution is -0.154. The maximum absolute atomic E-state index is 12.2. The Morgan fingerprint density at radius 3 is 2.45 bits per heavy atom. The van der Waals surface area contributed by atoms with Gasteiger partial charge in [0.15, 0.2) is 6.23 Å². The third-order valence-corrected chi connectivity index (χ3v) is 4.28. The van der Waals surface area contributed by atoms with Gasteiger partial charge in [-0.25, -0.2) is 9.59 Å². The Hall–Kier alpha value is -1.50. The molecule has 0 aromatic heterocycles. The van der Waals surface area contributed by atoms with Crippen molar-refractivity contribution in [3.05, 3.63) is 35.7 Å². The van der Waals surface area contributed by atoms with Gasteiger partial charge in [-0.1, -0.05) is 6.08 Å². The Morgan fingerprint density at radius 2 is 1.91 bits per heavy atom. The first-order chi connectivity index (χ1) is 10.4. The fraction of sp³-hybridized carbons (Fsp3) is 0.429. The van der Waals surface area contributed by atoms with Gasteiger partial charge in [-0.3, -0.25) is 0 Å². The minimum Gasteiger partial charge on any atom is -0.466 e. The molecular weight excluding hydrogens is 333 g/mol. The first-order valence-corrected chi connectivity index (χ1v) is 7.24. The van der Waals surface area contributed by atoms with E-state index in [1.54, 1.807) is 24.4 Å². The van der Waals surface area contributed by atoms with E-state index in [-0.39, 0.29) is 11.3 Å². The summed E-state index contributed by atoms with van der Waals surface area (Å²) in [6, 6.07) is 0. The van der Waals surface area contributed by atoms with Gasteiger partial charge < -0.3 is 19.1 Å². The van der Waals surface area contributed by atoms with Crippen molar-refractivity contribution in [2.75, 3.05) is 14.2 Å². The van der Waals surface area contributed by atoms with Crippen LogP contribution in [0.2, 0.25) is 0 Å². The van der Waals surface area contributed by atoms with Crippen molar-refractivity contribution in [3.8, 4) is 0 Å². The number of carbonyl (C=O) groups excluding carboxylic acids is 2. The Kier molecular flexibility index (Phi) is 4.84. The van der Waals surface area contributed by atoms with Crippen molar-refractivity contribution in [1.82, 2.24) is 4.90 Å². The van der Waals surface area contributed by atoms with Crippen LogP contribution in [0.3, 0.4) is 0 Å². The van der Waals surface area contributed by atoms with Crippen LogP contribution in [-0.4, -0.2) is 47.7 Å². The van der Waals surface area contributed by atoms with Gasteiger partial charge in [-0.05, 0) is 19.1 Å². The summed E-state index contributed by atoms with van der Waals surface area (Å²) in [5, 5.41) is 0. The van der Waals surface area contributed by atoms with E-state index < -0.39 is 28.6 Å². The zero-order valence-corrected chi connectivity index (χ0v) is 13.7. The quantitative estimate of drug-likeness (QED) is 0.573. The lowest BCUT2D eigenvalue weighted by atomic mass is 9.92. The van der Waals surface area contributed by atoms with Crippen LogP contribution in [0, 0.1) is 0 Å². The van der Waals surface area contributed by atoms with Gasteiger partial charge in [0.1, 0.15) is 21.7 Å². The first-order valence-electron chi connectivity index (χ1n) is 6.37. The molecule has 8 heteroatoms. The zero-order chi connectivity index (χ0) is 16.5. The molecule has 0 N–H and O–H groups in total. The molecule has 0 saturated heterocycles. The molecular formula is C14H15Cl2NO5. The Balaban J connectivity index is 2.72. The van der Waals surface area contributed by atoms with E-state index in [0.29, 0.717) is 0 Å². The Morgan fingerprint density at radius 1 is 1.27 bits per heavy atom. The van der Waals surface area contributed by atoms with Crippen LogP contribution in [0.15, 0.2) is 35.7 Å². The number of ether oxygens (including phenoxy) is 3. The second-order valence-electron chi connectivity index (χ2n) is 4.76. The molecule has 0 saturated carbocycles. The van der Waals surface area contributed by atoms with Crippen molar-refractivity contribution in [2.45, 2.75) is 23.6 Å². The molecule has 0 aliphatic carbocycles. The summed E-state index contributed by atoms with van der Waals surface area (Å²) < 4.78 is 15.4. The molecule has 0 aromatic rings. The van der Waals surface area contributed by atoms with Crippen LogP contribution in [-0.2, 0) is 23.8 Å². The number of alkyl halides is 2. The molecule has 0 fully saturated rings. The maximum atomic E-state index is 12.2. The first kappa shape index (κ1) is 16.9. The van der Waals surface area contributed by atoms with Crippen molar-refractivity contribution < 1.29 is 23.8 Å². The van der Waals surface area contributed by atoms with Gasteiger partial charge in [0.05, 0.1) is 14.2 Å². The smallest absolute Gasteiger partial charge is 0.355 e. The van der Waals surface area contributed by atoms with E-state index in [1.165, 1.54) is 26.0 Å². The van der Waals surface area contributed by atoms with Crippen LogP contribution >= 0.6 is 23.2 Å². The molecule has 2 atom stereocenters. The molecule has 2 rings (SSSR count). The highest BCUT2D eigenvalue weighted by Crippen LogP contribution is 2.42. The molecule has 0 amide bonds. The SMILES string of the molecule is COC(=O)C1=C(C(=O)OC)C(C)(C(Cl)Cl)OC2C=CC=CN12. The number of allylic oxidation sites excluding steroid dienone is 2. The zero-order valence-electron chi connectivity index (χ0n) is 12.2. The van der Waals surface area contributed by atoms with Crippen LogP contribution in [0.4, 0.5) is 0 Å². The number of nitrogens with zero attached hydrogens (tertiary/aromatic N) is 1. The van der Waals surface area contributed by atoms with E-state index >= 15 is 0 Å². The van der Waals surface area contributed by atoms with E-state index in [1.807, 2.05) is 0 Å². The number of carbonyl (C=O) groups is 2. The lowest BCUT2D eigenvalue weighted by Gasteiger charge is -2.45. The van der Waals surface area contributed by atoms with Crippen LogP contribution in [0.1, 0.15) is 6.92 Å². The van der Waals surface area contributed by atoms with Gasteiger partial charge in [0.2, 0.25) is 0 Å². The van der Waals surface area contributed by atoms with Crippen LogP contribution in [0.25, 0.3) is 0 Å². The summed E-state index contributed by atoms with van der Waals surface area (Å²) in [7, 11) is 2.41. The highest BCUT2D eigenvalue weighted by atomic mass is 35.5. The maximum Gasteiger partial charge on any atom is 0.355 e. The third-order valence-electron chi connectivity index (χ3n) is 3.45. The standard InChI is InChI=1S/C14H15Cl2NO5/c1-14(13(15)16)9(11(18)20-2)10(12(19)21-3)17-7-5-4-6-8(17)22-14/h4-8,13H,1-3H3. The van der Waals surface area contributed by atoms with Gasteiger partial charge in [-0.2, -0.15) is 0 Å². The van der Waals surface area contributed by atoms with Crippen molar-refractivity contribution in [3.63, 3.8) is 0 Å². The largest absolute Gasteiger partial charge is 0.466 e. The molecule has 2 unspecified atom stereocenters. The third kappa shape index (κ3) is 2.62. The number of rotatable bonds is 3. The summed E-state index contributed by atoms with van der Waals surface area (Å²) in [5.74, 6) is -1.48. The average molecular weight is 348 g/mol. The Labute approximate surface area is 137 Å². The van der Waals surface area contributed by atoms with Crippen molar-refractivity contribution >= 4 is 35.1 Å². The number of methoxy groups -OCH3 is 2. The summed E-state index contributed by atoms with van der Waals surface area (Å²) in [4.78, 5) is 24.8. The molecule has 6 nitrogen and oxygen atoms in total. The minimum atomic E-state index is -1.43. The summed E-state index contributed by atoms with van der Waals surface area (Å²) in [6.07, 6.45) is 6.09. The van der Waals surface area contributed by atoms with Gasteiger partial charge in [0.25, 0.3) is 0 Å². The Bertz CT molecular complexity index is 584. The van der Waals surface area contributed by atoms with Gasteiger partial charge >= 0.3 is 11.9 Å². The number of hydrogen-bond acceptors (Lipinski definition) is 6. The number of esters is 2. The number of hydrogen-bond donors (Lipinski definition) is 0. The molecule has 120 valence electrons. The molecule has 0 radical (unpaired) electrons. The topological polar surface area (TPSA) is 65.1 Å². The number of fused-ring (bicyclic) bond motifs is 1. The fourth-order valence-electron chi connectivity index (χ4n) is 2.32. The number of halogens is 2. The monoisotopic (exact) mass is 347 g/mol. The highest BCUT2D eigenvalue weighted by Gasteiger charge is 2.52. The molecule has 22 heavy (non-hydrogen) atoms. The molecule has 0 spiro atoms. The van der Waals surface area contributed by atoms with E-state index in [9.17, 15) is 9.59 Å². The molecule has 2 heterocycles. The fourth-order valence-corrected chi connectivity index (χ4v) is 2.64. The predicted octanol–water partition coefficient (Wildman–Crippen LogP) is 1.89. The molecule has 2 aliphatic heterocycles. The molecule has 0 aromatic carbocycles. The van der Waals surface area contributed by atoms with E-state index in [4.69, 9.17) is 37.4 Å². The van der Waals surface area contributed by atoms with Gasteiger partial charge in [-0.15, -0.1) is 23.2 Å². The van der Waals surface area contributed by atoms with E-state index in [0.717, 1.165) is 0 Å². The van der Waals surface area contributed by atoms with Gasteiger partial charge in [0, 0.05) is 6.20 Å². The predicted molar refractivity (Wildman–Crippen MR) is 79.9 cm³/mol. The second-order valence-corrected chi connectivity index (χ2v) is 5.85. The van der Waals surface area contributed by atoms with E-state index in [2.05, 4.69) is 0 Å². The molecule has 2 aliphatic rings. The van der Waals surface area contributed by atoms with Crippen LogP contribution in [0.5, 0.6) is 0 Å². The summed E-state index contributed by atoms with van der Waals surface area (Å²) in [6.45, 7) is 1.52. The minimum absolute atomic E-state index is 0.0139. The summed E-state index contributed by atoms with van der Waals surface area (Å²) in [5.41, 5.74) is -1.54. The average Bonchev–Trinajstić information content (AvgIpc) is 2.51. The van der Waals surface area contributed by atoms with Crippen molar-refractivity contribution in [2.24, 2.45) is 0 Å².